The number of carbonyl (C=O) groups is 1. The van der Waals surface area contributed by atoms with Crippen molar-refractivity contribution < 1.29 is 14.3 Å². The highest BCUT2D eigenvalue weighted by Gasteiger charge is 2.24. The van der Waals surface area contributed by atoms with E-state index >= 15 is 0 Å². The van der Waals surface area contributed by atoms with Crippen molar-refractivity contribution in [2.45, 2.75) is 18.9 Å². The Labute approximate surface area is 165 Å². The molecule has 1 aliphatic heterocycles. The topological polar surface area (TPSA) is 47.6 Å². The molecule has 1 atom stereocenters. The zero-order valence-electron chi connectivity index (χ0n) is 15.8. The fourth-order valence-corrected chi connectivity index (χ4v) is 3.50. The van der Waals surface area contributed by atoms with Crippen LogP contribution in [0.5, 0.6) is 11.5 Å². The van der Waals surface area contributed by atoms with Gasteiger partial charge in [-0.15, -0.1) is 0 Å². The molecule has 0 radical (unpaired) electrons. The molecule has 0 bridgehead atoms. The minimum Gasteiger partial charge on any atom is -0.486 e. The molecule has 3 aromatic carbocycles. The van der Waals surface area contributed by atoms with Crippen LogP contribution in [-0.4, -0.2) is 19.1 Å². The lowest BCUT2D eigenvalue weighted by Crippen LogP contribution is -2.32. The van der Waals surface area contributed by atoms with E-state index in [1.165, 1.54) is 0 Å². The maximum atomic E-state index is 13.2. The van der Waals surface area contributed by atoms with E-state index in [1.807, 2.05) is 85.8 Å². The fourth-order valence-electron chi connectivity index (χ4n) is 3.50. The number of fused-ring (bicyclic) bond motifs is 1. The maximum Gasteiger partial charge on any atom is 0.232 e. The Morgan fingerprint density at radius 3 is 1.96 bits per heavy atom. The number of hydrogen-bond acceptors (Lipinski definition) is 3. The average Bonchev–Trinajstić information content (AvgIpc) is 2.75. The van der Waals surface area contributed by atoms with Crippen LogP contribution in [0.2, 0.25) is 0 Å². The van der Waals surface area contributed by atoms with Gasteiger partial charge in [-0.1, -0.05) is 66.7 Å². The summed E-state index contributed by atoms with van der Waals surface area (Å²) in [6.45, 7) is 3.09. The molecule has 0 spiro atoms. The zero-order chi connectivity index (χ0) is 19.3. The Morgan fingerprint density at radius 2 is 1.36 bits per heavy atom. The van der Waals surface area contributed by atoms with Gasteiger partial charge in [0.1, 0.15) is 13.2 Å². The molecule has 1 aliphatic rings. The first-order valence-electron chi connectivity index (χ1n) is 9.52. The predicted molar refractivity (Wildman–Crippen MR) is 109 cm³/mol. The van der Waals surface area contributed by atoms with Gasteiger partial charge in [0.05, 0.1) is 12.0 Å². The second-order valence-corrected chi connectivity index (χ2v) is 6.89. The van der Waals surface area contributed by atoms with Crippen LogP contribution in [0, 0.1) is 0 Å². The minimum atomic E-state index is -0.359. The molecule has 0 saturated carbocycles. The molecule has 0 aliphatic carbocycles. The van der Waals surface area contributed by atoms with Gasteiger partial charge in [-0.2, -0.15) is 0 Å². The molecular weight excluding hydrogens is 350 g/mol. The summed E-state index contributed by atoms with van der Waals surface area (Å²) in [5.41, 5.74) is 2.93. The molecule has 0 unspecified atom stereocenters. The molecule has 0 fully saturated rings. The van der Waals surface area contributed by atoms with Crippen molar-refractivity contribution >= 4 is 5.91 Å². The summed E-state index contributed by atoms with van der Waals surface area (Å²) in [6.07, 6.45) is 0. The summed E-state index contributed by atoms with van der Waals surface area (Å²) in [6, 6.07) is 25.4. The Kier molecular flexibility index (Phi) is 5.29. The van der Waals surface area contributed by atoms with Crippen molar-refractivity contribution in [1.29, 1.82) is 0 Å². The van der Waals surface area contributed by atoms with Crippen molar-refractivity contribution in [2.75, 3.05) is 13.2 Å². The smallest absolute Gasteiger partial charge is 0.232 e. The molecule has 1 N–H and O–H groups in total. The Hall–Kier alpha value is -3.27. The highest BCUT2D eigenvalue weighted by atomic mass is 16.6. The van der Waals surface area contributed by atoms with E-state index in [0.29, 0.717) is 13.2 Å². The quantitative estimate of drug-likeness (QED) is 0.718. The van der Waals surface area contributed by atoms with Crippen molar-refractivity contribution in [2.24, 2.45) is 0 Å². The largest absolute Gasteiger partial charge is 0.486 e. The zero-order valence-corrected chi connectivity index (χ0v) is 15.8. The lowest BCUT2D eigenvalue weighted by Gasteiger charge is -2.23. The van der Waals surface area contributed by atoms with E-state index in [1.54, 1.807) is 0 Å². The van der Waals surface area contributed by atoms with Crippen LogP contribution in [0.4, 0.5) is 0 Å². The Balaban J connectivity index is 1.57. The molecule has 28 heavy (non-hydrogen) atoms. The van der Waals surface area contributed by atoms with Crippen molar-refractivity contribution in [3.05, 3.63) is 95.6 Å². The first-order chi connectivity index (χ1) is 13.7. The third kappa shape index (κ3) is 3.86. The van der Waals surface area contributed by atoms with Crippen LogP contribution >= 0.6 is 0 Å². The van der Waals surface area contributed by atoms with Crippen LogP contribution in [0.1, 0.15) is 35.6 Å². The summed E-state index contributed by atoms with van der Waals surface area (Å²) in [4.78, 5) is 13.2. The average molecular weight is 373 g/mol. The first kappa shape index (κ1) is 18.1. The third-order valence-electron chi connectivity index (χ3n) is 4.95. The summed E-state index contributed by atoms with van der Waals surface area (Å²) in [5, 5.41) is 3.16. The van der Waals surface area contributed by atoms with Gasteiger partial charge in [-0.05, 0) is 35.7 Å². The Bertz CT molecular complexity index is 901. The highest BCUT2D eigenvalue weighted by Crippen LogP contribution is 2.33. The van der Waals surface area contributed by atoms with Crippen molar-refractivity contribution in [1.82, 2.24) is 5.32 Å². The van der Waals surface area contributed by atoms with E-state index in [9.17, 15) is 4.79 Å². The molecule has 4 rings (SSSR count). The molecule has 1 amide bonds. The molecule has 142 valence electrons. The molecule has 4 nitrogen and oxygen atoms in total. The number of benzene rings is 3. The molecule has 4 heteroatoms. The molecule has 1 heterocycles. The normalized spacial score (nSPS) is 13.8. The van der Waals surface area contributed by atoms with Gasteiger partial charge in [-0.25, -0.2) is 0 Å². The summed E-state index contributed by atoms with van der Waals surface area (Å²) in [7, 11) is 0. The predicted octanol–water partition coefficient (Wildman–Crippen LogP) is 4.47. The van der Waals surface area contributed by atoms with Gasteiger partial charge in [0, 0.05) is 0 Å². The second kappa shape index (κ2) is 8.17. The maximum absolute atomic E-state index is 13.2. The van der Waals surface area contributed by atoms with Crippen molar-refractivity contribution in [3.8, 4) is 11.5 Å². The molecule has 3 aromatic rings. The number of nitrogens with one attached hydrogen (secondary N) is 1. The number of carbonyl (C=O) groups excluding carboxylic acids is 1. The minimum absolute atomic E-state index is 0.0280. The van der Waals surface area contributed by atoms with Gasteiger partial charge in [-0.3, -0.25) is 4.79 Å². The van der Waals surface area contributed by atoms with Gasteiger partial charge in [0.25, 0.3) is 0 Å². The van der Waals surface area contributed by atoms with Crippen LogP contribution in [0.3, 0.4) is 0 Å². The van der Waals surface area contributed by atoms with Crippen molar-refractivity contribution in [3.63, 3.8) is 0 Å². The van der Waals surface area contributed by atoms with Gasteiger partial charge < -0.3 is 14.8 Å². The first-order valence-corrected chi connectivity index (χ1v) is 9.52. The van der Waals surface area contributed by atoms with E-state index in [2.05, 4.69) is 5.32 Å². The monoisotopic (exact) mass is 373 g/mol. The lowest BCUT2D eigenvalue weighted by molar-refractivity contribution is -0.122. The fraction of sp³-hybridized carbons (Fsp3) is 0.208. The molecular formula is C24H23NO3. The van der Waals surface area contributed by atoms with E-state index in [0.717, 1.165) is 28.2 Å². The number of hydrogen-bond donors (Lipinski definition) is 1. The third-order valence-corrected chi connectivity index (χ3v) is 4.95. The van der Waals surface area contributed by atoms with Gasteiger partial charge in [0.2, 0.25) is 5.91 Å². The standard InChI is InChI=1S/C24H23NO3/c1-17(20-12-13-21-22(16-20)28-15-14-27-21)25-24(26)23(18-8-4-2-5-9-18)19-10-6-3-7-11-19/h2-13,16-17,23H,14-15H2,1H3,(H,25,26)/t17-/m1/s1. The second-order valence-electron chi connectivity index (χ2n) is 6.89. The van der Waals surface area contributed by atoms with Crippen LogP contribution < -0.4 is 14.8 Å². The number of rotatable bonds is 5. The number of ether oxygens (including phenoxy) is 2. The highest BCUT2D eigenvalue weighted by molar-refractivity contribution is 5.87. The van der Waals surface area contributed by atoms with Crippen LogP contribution in [0.15, 0.2) is 78.9 Å². The van der Waals surface area contributed by atoms with Crippen LogP contribution in [0.25, 0.3) is 0 Å². The summed E-state index contributed by atoms with van der Waals surface area (Å²) in [5.74, 6) is 1.09. The van der Waals surface area contributed by atoms with E-state index in [-0.39, 0.29) is 17.9 Å². The van der Waals surface area contributed by atoms with E-state index < -0.39 is 0 Å². The molecule has 0 saturated heterocycles. The summed E-state index contributed by atoms with van der Waals surface area (Å²) < 4.78 is 11.2. The SMILES string of the molecule is C[C@@H](NC(=O)C(c1ccccc1)c1ccccc1)c1ccc2c(c1)OCCO2. The lowest BCUT2D eigenvalue weighted by atomic mass is 9.90. The number of amides is 1. The summed E-state index contributed by atoms with van der Waals surface area (Å²) >= 11 is 0. The molecule has 0 aromatic heterocycles. The van der Waals surface area contributed by atoms with Gasteiger partial charge in [0.15, 0.2) is 11.5 Å². The van der Waals surface area contributed by atoms with Gasteiger partial charge >= 0.3 is 0 Å². The Morgan fingerprint density at radius 1 is 0.786 bits per heavy atom. The van der Waals surface area contributed by atoms with Crippen LogP contribution in [-0.2, 0) is 4.79 Å². The van der Waals surface area contributed by atoms with E-state index in [4.69, 9.17) is 9.47 Å².